The molecule has 5 heteroatoms. The Bertz CT molecular complexity index is 472. The second-order valence-corrected chi connectivity index (χ2v) is 5.26. The third kappa shape index (κ3) is 3.08. The first-order valence-corrected chi connectivity index (χ1v) is 6.73. The lowest BCUT2D eigenvalue weighted by Crippen LogP contribution is -2.41. The Hall–Kier alpha value is -1.10. The van der Waals surface area contributed by atoms with Gasteiger partial charge in [-0.1, -0.05) is 23.7 Å². The van der Waals surface area contributed by atoms with E-state index in [4.69, 9.17) is 16.3 Å². The Kier molecular flexibility index (Phi) is 4.45. The van der Waals surface area contributed by atoms with Crippen LogP contribution in [0, 0.1) is 0 Å². The van der Waals surface area contributed by atoms with Crippen molar-refractivity contribution in [1.82, 2.24) is 4.90 Å². The Morgan fingerprint density at radius 1 is 1.58 bits per heavy atom. The van der Waals surface area contributed by atoms with Crippen LogP contribution in [0.2, 0.25) is 5.02 Å². The summed E-state index contributed by atoms with van der Waals surface area (Å²) in [7, 11) is 2.06. The summed E-state index contributed by atoms with van der Waals surface area (Å²) in [6.07, 6.45) is -1.27. The van der Waals surface area contributed by atoms with E-state index in [2.05, 4.69) is 11.9 Å². The van der Waals surface area contributed by atoms with Crippen LogP contribution < -0.4 is 0 Å². The number of likely N-dealkylation sites (tertiary alicyclic amines) is 1. The highest BCUT2D eigenvalue weighted by Gasteiger charge is 2.27. The molecular formula is C14H18ClNO3. The van der Waals surface area contributed by atoms with Crippen molar-refractivity contribution >= 4 is 17.6 Å². The van der Waals surface area contributed by atoms with Crippen molar-refractivity contribution in [1.29, 1.82) is 0 Å². The van der Waals surface area contributed by atoms with Crippen molar-refractivity contribution in [2.24, 2.45) is 0 Å². The second-order valence-electron chi connectivity index (χ2n) is 4.85. The lowest BCUT2D eigenvalue weighted by atomic mass is 9.91. The zero-order chi connectivity index (χ0) is 14.0. The van der Waals surface area contributed by atoms with E-state index in [0.29, 0.717) is 16.5 Å². The largest absolute Gasteiger partial charge is 0.464 e. The third-order valence-electron chi connectivity index (χ3n) is 3.35. The molecular weight excluding hydrogens is 266 g/mol. The number of carbonyl (C=O) groups is 1. The number of hydrogen-bond acceptors (Lipinski definition) is 4. The molecule has 1 aliphatic rings. The molecule has 19 heavy (non-hydrogen) atoms. The summed E-state index contributed by atoms with van der Waals surface area (Å²) in [5.74, 6) is -0.207. The SMILES string of the molecule is CCOC(=O)C(O)c1ccc(C2CN(C)C2)c(Cl)c1. The highest BCUT2D eigenvalue weighted by Crippen LogP contribution is 2.32. The molecule has 2 rings (SSSR count). The van der Waals surface area contributed by atoms with Gasteiger partial charge in [0.25, 0.3) is 0 Å². The molecule has 4 nitrogen and oxygen atoms in total. The van der Waals surface area contributed by atoms with Crippen molar-refractivity contribution < 1.29 is 14.6 Å². The fourth-order valence-electron chi connectivity index (χ4n) is 2.30. The third-order valence-corrected chi connectivity index (χ3v) is 3.68. The molecule has 1 saturated heterocycles. The van der Waals surface area contributed by atoms with Crippen molar-refractivity contribution in [3.05, 3.63) is 34.3 Å². The predicted molar refractivity (Wildman–Crippen MR) is 73.3 cm³/mol. The standard InChI is InChI=1S/C14H18ClNO3/c1-3-19-14(18)13(17)9-4-5-11(12(15)6-9)10-7-16(2)8-10/h4-6,10,13,17H,3,7-8H2,1-2H3. The number of carbonyl (C=O) groups excluding carboxylic acids is 1. The first-order valence-electron chi connectivity index (χ1n) is 6.35. The maximum absolute atomic E-state index is 11.5. The first-order chi connectivity index (χ1) is 9.02. The van der Waals surface area contributed by atoms with E-state index in [9.17, 15) is 9.90 Å². The van der Waals surface area contributed by atoms with Crippen molar-refractivity contribution in [2.75, 3.05) is 26.7 Å². The Balaban J connectivity index is 2.12. The quantitative estimate of drug-likeness (QED) is 0.859. The number of benzene rings is 1. The van der Waals surface area contributed by atoms with E-state index in [0.717, 1.165) is 18.7 Å². The molecule has 0 aromatic heterocycles. The second kappa shape index (κ2) is 5.90. The number of halogens is 1. The van der Waals surface area contributed by atoms with Crippen LogP contribution in [0.3, 0.4) is 0 Å². The molecule has 0 radical (unpaired) electrons. The highest BCUT2D eigenvalue weighted by molar-refractivity contribution is 6.31. The van der Waals surface area contributed by atoms with Crippen LogP contribution in [0.25, 0.3) is 0 Å². The Morgan fingerprint density at radius 2 is 2.26 bits per heavy atom. The molecule has 1 atom stereocenters. The maximum atomic E-state index is 11.5. The molecule has 104 valence electrons. The lowest BCUT2D eigenvalue weighted by molar-refractivity contribution is -0.153. The van der Waals surface area contributed by atoms with Gasteiger partial charge in [0, 0.05) is 24.0 Å². The van der Waals surface area contributed by atoms with E-state index in [-0.39, 0.29) is 6.61 Å². The molecule has 1 aromatic rings. The molecule has 1 N–H and O–H groups in total. The zero-order valence-electron chi connectivity index (χ0n) is 11.1. The molecule has 1 aromatic carbocycles. The van der Waals surface area contributed by atoms with Gasteiger partial charge in [-0.3, -0.25) is 0 Å². The molecule has 0 saturated carbocycles. The Morgan fingerprint density at radius 3 is 2.79 bits per heavy atom. The fraction of sp³-hybridized carbons (Fsp3) is 0.500. The molecule has 0 aliphatic carbocycles. The number of rotatable bonds is 4. The summed E-state index contributed by atoms with van der Waals surface area (Å²) in [4.78, 5) is 13.7. The van der Waals surface area contributed by atoms with Gasteiger partial charge < -0.3 is 14.7 Å². The molecule has 1 heterocycles. The first kappa shape index (κ1) is 14.3. The summed E-state index contributed by atoms with van der Waals surface area (Å²) in [6.45, 7) is 3.92. The maximum Gasteiger partial charge on any atom is 0.339 e. The van der Waals surface area contributed by atoms with Crippen molar-refractivity contribution in [3.63, 3.8) is 0 Å². The number of ether oxygens (including phenoxy) is 1. The summed E-state index contributed by atoms with van der Waals surface area (Å²) in [6, 6.07) is 5.27. The number of esters is 1. The highest BCUT2D eigenvalue weighted by atomic mass is 35.5. The summed E-state index contributed by atoms with van der Waals surface area (Å²) >= 11 is 6.23. The van der Waals surface area contributed by atoms with Crippen LogP contribution in [-0.4, -0.2) is 42.7 Å². The van der Waals surface area contributed by atoms with Gasteiger partial charge in [-0.25, -0.2) is 4.79 Å². The van der Waals surface area contributed by atoms with E-state index < -0.39 is 12.1 Å². The number of nitrogens with zero attached hydrogens (tertiary/aromatic N) is 1. The molecule has 1 unspecified atom stereocenters. The van der Waals surface area contributed by atoms with E-state index in [1.807, 2.05) is 6.07 Å². The molecule has 0 bridgehead atoms. The minimum atomic E-state index is -1.27. The number of aliphatic hydroxyl groups is 1. The minimum absolute atomic E-state index is 0.246. The number of aliphatic hydroxyl groups excluding tert-OH is 1. The van der Waals surface area contributed by atoms with Crippen LogP contribution in [0.5, 0.6) is 0 Å². The van der Waals surface area contributed by atoms with Gasteiger partial charge in [-0.15, -0.1) is 0 Å². The van der Waals surface area contributed by atoms with Gasteiger partial charge in [-0.2, -0.15) is 0 Å². The summed E-state index contributed by atoms with van der Waals surface area (Å²) < 4.78 is 4.78. The fourth-order valence-corrected chi connectivity index (χ4v) is 2.64. The average Bonchev–Trinajstić information content (AvgIpc) is 2.35. The van der Waals surface area contributed by atoms with Gasteiger partial charge in [0.05, 0.1) is 6.61 Å². The predicted octanol–water partition coefficient (Wildman–Crippen LogP) is 1.97. The minimum Gasteiger partial charge on any atom is -0.464 e. The molecule has 0 amide bonds. The number of likely N-dealkylation sites (N-methyl/N-ethyl adjacent to an activating group) is 1. The van der Waals surface area contributed by atoms with Crippen LogP contribution >= 0.6 is 11.6 Å². The van der Waals surface area contributed by atoms with Crippen molar-refractivity contribution in [3.8, 4) is 0 Å². The molecule has 0 spiro atoms. The van der Waals surface area contributed by atoms with Crippen LogP contribution in [-0.2, 0) is 9.53 Å². The topological polar surface area (TPSA) is 49.8 Å². The summed E-state index contributed by atoms with van der Waals surface area (Å²) in [5.41, 5.74) is 1.54. The normalized spacial score (nSPS) is 17.9. The van der Waals surface area contributed by atoms with Gasteiger partial charge in [-0.05, 0) is 31.2 Å². The van der Waals surface area contributed by atoms with E-state index in [1.54, 1.807) is 19.1 Å². The van der Waals surface area contributed by atoms with Crippen LogP contribution in [0.1, 0.15) is 30.1 Å². The van der Waals surface area contributed by atoms with Gasteiger partial charge in [0.15, 0.2) is 6.10 Å². The smallest absolute Gasteiger partial charge is 0.339 e. The molecule has 1 aliphatic heterocycles. The van der Waals surface area contributed by atoms with Gasteiger partial charge >= 0.3 is 5.97 Å². The lowest BCUT2D eigenvalue weighted by Gasteiger charge is -2.37. The van der Waals surface area contributed by atoms with Crippen molar-refractivity contribution in [2.45, 2.75) is 18.9 Å². The van der Waals surface area contributed by atoms with E-state index >= 15 is 0 Å². The monoisotopic (exact) mass is 283 g/mol. The molecule has 1 fully saturated rings. The van der Waals surface area contributed by atoms with Gasteiger partial charge in [0.1, 0.15) is 0 Å². The average molecular weight is 284 g/mol. The van der Waals surface area contributed by atoms with Crippen LogP contribution in [0.4, 0.5) is 0 Å². The van der Waals surface area contributed by atoms with Crippen LogP contribution in [0.15, 0.2) is 18.2 Å². The Labute approximate surface area is 117 Å². The van der Waals surface area contributed by atoms with E-state index in [1.165, 1.54) is 0 Å². The summed E-state index contributed by atoms with van der Waals surface area (Å²) in [5, 5.41) is 10.4. The van der Waals surface area contributed by atoms with Gasteiger partial charge in [0.2, 0.25) is 0 Å². The zero-order valence-corrected chi connectivity index (χ0v) is 11.9. The number of hydrogen-bond donors (Lipinski definition) is 1.